The maximum absolute atomic E-state index is 12.9. The lowest BCUT2D eigenvalue weighted by atomic mass is 9.93. The summed E-state index contributed by atoms with van der Waals surface area (Å²) in [5.74, 6) is 0.541. The Morgan fingerprint density at radius 2 is 1.69 bits per heavy atom. The Labute approximate surface area is 154 Å². The van der Waals surface area contributed by atoms with E-state index in [1.807, 2.05) is 42.5 Å². The molecule has 26 heavy (non-hydrogen) atoms. The van der Waals surface area contributed by atoms with Gasteiger partial charge in [0.05, 0.1) is 13.2 Å². The first-order chi connectivity index (χ1) is 12.6. The Bertz CT molecular complexity index is 903. The van der Waals surface area contributed by atoms with Crippen LogP contribution in [0.15, 0.2) is 72.8 Å². The van der Waals surface area contributed by atoms with Crippen LogP contribution in [0.3, 0.4) is 0 Å². The van der Waals surface area contributed by atoms with Crippen molar-refractivity contribution >= 4 is 5.91 Å². The molecule has 1 amide bonds. The molecule has 132 valence electrons. The van der Waals surface area contributed by atoms with Crippen molar-refractivity contribution in [1.82, 2.24) is 5.32 Å². The molecule has 3 rings (SSSR count). The normalized spacial score (nSPS) is 11.7. The molecule has 3 aromatic rings. The number of carbonyl (C=O) groups excluding carboxylic acids is 1. The topological polar surface area (TPSA) is 38.3 Å². The third kappa shape index (κ3) is 3.94. The second kappa shape index (κ2) is 7.87. The average molecular weight is 345 g/mol. The van der Waals surface area contributed by atoms with Gasteiger partial charge in [0.15, 0.2) is 0 Å². The van der Waals surface area contributed by atoms with Gasteiger partial charge in [-0.2, -0.15) is 0 Å². The molecule has 0 bridgehead atoms. The van der Waals surface area contributed by atoms with E-state index in [0.717, 1.165) is 16.7 Å². The smallest absolute Gasteiger partial charge is 0.252 e. The van der Waals surface area contributed by atoms with Crippen molar-refractivity contribution in [2.75, 3.05) is 7.11 Å². The van der Waals surface area contributed by atoms with Gasteiger partial charge in [-0.15, -0.1) is 0 Å². The number of benzene rings is 3. The summed E-state index contributed by atoms with van der Waals surface area (Å²) >= 11 is 0. The fourth-order valence-electron chi connectivity index (χ4n) is 3.04. The highest BCUT2D eigenvalue weighted by Gasteiger charge is 2.20. The largest absolute Gasteiger partial charge is 0.497 e. The van der Waals surface area contributed by atoms with Gasteiger partial charge in [-0.1, -0.05) is 60.2 Å². The molecule has 0 saturated heterocycles. The Hall–Kier alpha value is -3.07. The zero-order valence-electron chi connectivity index (χ0n) is 15.3. The van der Waals surface area contributed by atoms with Crippen LogP contribution in [0.5, 0.6) is 5.75 Å². The summed E-state index contributed by atoms with van der Waals surface area (Å²) in [6, 6.07) is 23.3. The van der Waals surface area contributed by atoms with Gasteiger partial charge in [0.25, 0.3) is 5.91 Å². The molecular weight excluding hydrogens is 322 g/mol. The van der Waals surface area contributed by atoms with E-state index in [2.05, 4.69) is 37.4 Å². The number of hydrogen-bond donors (Lipinski definition) is 1. The van der Waals surface area contributed by atoms with E-state index in [1.54, 1.807) is 19.2 Å². The number of methoxy groups -OCH3 is 1. The minimum absolute atomic E-state index is 0.126. The van der Waals surface area contributed by atoms with Crippen LogP contribution < -0.4 is 10.1 Å². The monoisotopic (exact) mass is 345 g/mol. The first kappa shape index (κ1) is 17.7. The van der Waals surface area contributed by atoms with E-state index < -0.39 is 0 Å². The molecule has 3 heteroatoms. The van der Waals surface area contributed by atoms with Gasteiger partial charge in [0, 0.05) is 5.56 Å². The van der Waals surface area contributed by atoms with Crippen LogP contribution >= 0.6 is 0 Å². The second-order valence-electron chi connectivity index (χ2n) is 6.41. The fourth-order valence-corrected chi connectivity index (χ4v) is 3.04. The lowest BCUT2D eigenvalue weighted by molar-refractivity contribution is 0.0942. The van der Waals surface area contributed by atoms with E-state index >= 15 is 0 Å². The number of aryl methyl sites for hydroxylation is 2. The molecule has 1 atom stereocenters. The summed E-state index contributed by atoms with van der Waals surface area (Å²) in [6.45, 7) is 4.14. The van der Waals surface area contributed by atoms with E-state index in [1.165, 1.54) is 5.56 Å². The number of amides is 1. The lowest BCUT2D eigenvalue weighted by Crippen LogP contribution is -2.29. The third-order valence-electron chi connectivity index (χ3n) is 4.49. The van der Waals surface area contributed by atoms with Crippen molar-refractivity contribution in [2.24, 2.45) is 0 Å². The standard InChI is InChI=1S/C23H23NO2/c1-16-12-13-17(2)21(14-16)22(18-8-5-4-6-9-18)24-23(25)19-10-7-11-20(15-19)26-3/h4-15,22H,1-3H3,(H,24,25)/t22-/m0/s1. The minimum atomic E-state index is -0.213. The fraction of sp³-hybridized carbons (Fsp3) is 0.174. The minimum Gasteiger partial charge on any atom is -0.497 e. The zero-order valence-corrected chi connectivity index (χ0v) is 15.3. The summed E-state index contributed by atoms with van der Waals surface area (Å²) in [5, 5.41) is 3.19. The highest BCUT2D eigenvalue weighted by molar-refractivity contribution is 5.95. The van der Waals surface area contributed by atoms with Crippen LogP contribution in [0, 0.1) is 13.8 Å². The van der Waals surface area contributed by atoms with E-state index in [0.29, 0.717) is 11.3 Å². The number of rotatable bonds is 5. The summed E-state index contributed by atoms with van der Waals surface area (Å²) in [6.07, 6.45) is 0. The van der Waals surface area contributed by atoms with E-state index in [9.17, 15) is 4.79 Å². The molecule has 0 spiro atoms. The van der Waals surface area contributed by atoms with Crippen molar-refractivity contribution in [1.29, 1.82) is 0 Å². The second-order valence-corrected chi connectivity index (χ2v) is 6.41. The van der Waals surface area contributed by atoms with Crippen LogP contribution in [-0.4, -0.2) is 13.0 Å². The molecule has 0 fully saturated rings. The maximum Gasteiger partial charge on any atom is 0.252 e. The van der Waals surface area contributed by atoms with Crippen molar-refractivity contribution < 1.29 is 9.53 Å². The molecule has 0 aliphatic heterocycles. The van der Waals surface area contributed by atoms with Gasteiger partial charge < -0.3 is 10.1 Å². The molecule has 0 unspecified atom stereocenters. The van der Waals surface area contributed by atoms with Crippen LogP contribution in [0.2, 0.25) is 0 Å². The SMILES string of the molecule is COc1cccc(C(=O)N[C@@H](c2ccccc2)c2cc(C)ccc2C)c1. The maximum atomic E-state index is 12.9. The first-order valence-electron chi connectivity index (χ1n) is 8.65. The number of ether oxygens (including phenoxy) is 1. The van der Waals surface area contributed by atoms with Crippen LogP contribution in [-0.2, 0) is 0 Å². The van der Waals surface area contributed by atoms with Crippen molar-refractivity contribution in [3.8, 4) is 5.75 Å². The van der Waals surface area contributed by atoms with Crippen molar-refractivity contribution in [2.45, 2.75) is 19.9 Å². The summed E-state index contributed by atoms with van der Waals surface area (Å²) in [5.41, 5.74) is 5.05. The Kier molecular flexibility index (Phi) is 5.37. The van der Waals surface area contributed by atoms with Crippen molar-refractivity contribution in [3.05, 3.63) is 101 Å². The lowest BCUT2D eigenvalue weighted by Gasteiger charge is -2.22. The molecule has 0 saturated carbocycles. The van der Waals surface area contributed by atoms with Gasteiger partial charge in [0.1, 0.15) is 5.75 Å². The Morgan fingerprint density at radius 3 is 2.42 bits per heavy atom. The molecule has 3 nitrogen and oxygen atoms in total. The Balaban J connectivity index is 1.98. The summed E-state index contributed by atoms with van der Waals surface area (Å²) in [4.78, 5) is 12.9. The molecule has 0 heterocycles. The highest BCUT2D eigenvalue weighted by atomic mass is 16.5. The summed E-state index contributed by atoms with van der Waals surface area (Å²) in [7, 11) is 1.60. The molecule has 1 N–H and O–H groups in total. The third-order valence-corrected chi connectivity index (χ3v) is 4.49. The first-order valence-corrected chi connectivity index (χ1v) is 8.65. The van der Waals surface area contributed by atoms with Gasteiger partial charge in [-0.05, 0) is 48.7 Å². The van der Waals surface area contributed by atoms with Gasteiger partial charge in [-0.25, -0.2) is 0 Å². The Morgan fingerprint density at radius 1 is 0.923 bits per heavy atom. The number of hydrogen-bond acceptors (Lipinski definition) is 2. The molecule has 0 aromatic heterocycles. The summed E-state index contributed by atoms with van der Waals surface area (Å²) < 4.78 is 5.23. The predicted octanol–water partition coefficient (Wildman–Crippen LogP) is 4.83. The molecule has 0 aliphatic carbocycles. The highest BCUT2D eigenvalue weighted by Crippen LogP contribution is 2.26. The van der Waals surface area contributed by atoms with E-state index in [-0.39, 0.29) is 11.9 Å². The van der Waals surface area contributed by atoms with Gasteiger partial charge in [-0.3, -0.25) is 4.79 Å². The molecule has 3 aromatic carbocycles. The average Bonchev–Trinajstić information content (AvgIpc) is 2.68. The molecule has 0 aliphatic rings. The van der Waals surface area contributed by atoms with Crippen LogP contribution in [0.4, 0.5) is 0 Å². The van der Waals surface area contributed by atoms with Crippen LogP contribution in [0.25, 0.3) is 0 Å². The van der Waals surface area contributed by atoms with Crippen LogP contribution in [0.1, 0.15) is 38.7 Å². The van der Waals surface area contributed by atoms with Crippen molar-refractivity contribution in [3.63, 3.8) is 0 Å². The molecule has 0 radical (unpaired) electrons. The number of carbonyl (C=O) groups is 1. The zero-order chi connectivity index (χ0) is 18.5. The quantitative estimate of drug-likeness (QED) is 0.719. The number of nitrogens with one attached hydrogen (secondary N) is 1. The van der Waals surface area contributed by atoms with Gasteiger partial charge in [0.2, 0.25) is 0 Å². The van der Waals surface area contributed by atoms with Gasteiger partial charge >= 0.3 is 0 Å². The predicted molar refractivity (Wildman–Crippen MR) is 105 cm³/mol. The van der Waals surface area contributed by atoms with E-state index in [4.69, 9.17) is 4.74 Å². The molecular formula is C23H23NO2.